The van der Waals surface area contributed by atoms with Crippen LogP contribution in [-0.4, -0.2) is 52.2 Å². The Morgan fingerprint density at radius 3 is 2.41 bits per heavy atom. The van der Waals surface area contributed by atoms with Crippen LogP contribution in [-0.2, 0) is 24.3 Å². The van der Waals surface area contributed by atoms with E-state index in [1.165, 1.54) is 37.3 Å². The molecule has 172 valence electrons. The van der Waals surface area contributed by atoms with Crippen molar-refractivity contribution < 1.29 is 30.1 Å². The fraction of sp³-hybridized carbons (Fsp3) is 0.316. The molecule has 0 aromatic heterocycles. The Bertz CT molecular complexity index is 1290. The Labute approximate surface area is 195 Å². The van der Waals surface area contributed by atoms with Gasteiger partial charge in [0.05, 0.1) is 16.3 Å². The molecule has 1 aliphatic rings. The number of hydrogen-bond acceptors (Lipinski definition) is 7. The molecule has 0 unspecified atom stereocenters. The summed E-state index contributed by atoms with van der Waals surface area (Å²) in [5.41, 5.74) is -1.71. The van der Waals surface area contributed by atoms with E-state index in [4.69, 9.17) is 37.4 Å². The molecule has 0 aliphatic carbocycles. The van der Waals surface area contributed by atoms with Crippen molar-refractivity contribution in [3.8, 4) is 11.8 Å². The van der Waals surface area contributed by atoms with Gasteiger partial charge in [-0.15, -0.1) is 0 Å². The molecule has 2 aromatic rings. The SMILES string of the molecule is CCS(=O)(=O)OC1(COc2ccc(C#N)c(F)c2)CN(S(=O)(=O)c2ccc(Cl)cc2Cl)C1. The molecule has 1 heterocycles. The van der Waals surface area contributed by atoms with Crippen LogP contribution in [0.1, 0.15) is 12.5 Å². The molecule has 0 radical (unpaired) electrons. The second-order valence-corrected chi connectivity index (χ2v) is 11.6. The van der Waals surface area contributed by atoms with E-state index in [0.717, 1.165) is 10.4 Å². The number of benzene rings is 2. The zero-order valence-corrected chi connectivity index (χ0v) is 19.7. The molecule has 0 saturated carbocycles. The summed E-state index contributed by atoms with van der Waals surface area (Å²) < 4.78 is 75.6. The molecule has 0 N–H and O–H groups in total. The monoisotopic (exact) mass is 522 g/mol. The first-order valence-corrected chi connectivity index (χ1v) is 12.9. The van der Waals surface area contributed by atoms with E-state index < -0.39 is 31.6 Å². The highest BCUT2D eigenvalue weighted by molar-refractivity contribution is 7.89. The van der Waals surface area contributed by atoms with Crippen LogP contribution in [0.25, 0.3) is 0 Å². The maximum Gasteiger partial charge on any atom is 0.267 e. The van der Waals surface area contributed by atoms with E-state index in [9.17, 15) is 21.2 Å². The predicted octanol–water partition coefficient (Wildman–Crippen LogP) is 3.19. The molecule has 0 atom stereocenters. The van der Waals surface area contributed by atoms with Gasteiger partial charge in [0.15, 0.2) is 0 Å². The molecule has 0 amide bonds. The average molecular weight is 523 g/mol. The summed E-state index contributed by atoms with van der Waals surface area (Å²) in [6.07, 6.45) is 0. The van der Waals surface area contributed by atoms with Crippen molar-refractivity contribution in [2.75, 3.05) is 25.4 Å². The van der Waals surface area contributed by atoms with E-state index in [0.29, 0.717) is 0 Å². The van der Waals surface area contributed by atoms with Crippen molar-refractivity contribution in [2.45, 2.75) is 17.4 Å². The van der Waals surface area contributed by atoms with Crippen molar-refractivity contribution in [3.05, 3.63) is 57.8 Å². The Kier molecular flexibility index (Phi) is 7.05. The lowest BCUT2D eigenvalue weighted by atomic mass is 9.99. The molecule has 3 rings (SSSR count). The molecule has 8 nitrogen and oxygen atoms in total. The molecule has 32 heavy (non-hydrogen) atoms. The summed E-state index contributed by atoms with van der Waals surface area (Å²) >= 11 is 11.8. The summed E-state index contributed by atoms with van der Waals surface area (Å²) in [5, 5.41) is 8.98. The van der Waals surface area contributed by atoms with Gasteiger partial charge in [-0.2, -0.15) is 18.0 Å². The number of nitrogens with zero attached hydrogens (tertiary/aromatic N) is 2. The van der Waals surface area contributed by atoms with Gasteiger partial charge < -0.3 is 4.74 Å². The Balaban J connectivity index is 1.82. The van der Waals surface area contributed by atoms with Crippen LogP contribution in [0.2, 0.25) is 10.0 Å². The molecular weight excluding hydrogens is 506 g/mol. The van der Waals surface area contributed by atoms with E-state index in [2.05, 4.69) is 0 Å². The van der Waals surface area contributed by atoms with E-state index >= 15 is 0 Å². The minimum absolute atomic E-state index is 0.0282. The van der Waals surface area contributed by atoms with Crippen molar-refractivity contribution in [2.24, 2.45) is 0 Å². The van der Waals surface area contributed by atoms with Crippen molar-refractivity contribution in [1.29, 1.82) is 5.26 Å². The van der Waals surface area contributed by atoms with Crippen LogP contribution in [0.3, 0.4) is 0 Å². The average Bonchev–Trinajstić information content (AvgIpc) is 2.69. The standard InChI is InChI=1S/C19H17Cl2FN2O6S2/c1-2-31(25,26)30-19(12-29-15-5-3-13(9-23)17(22)8-15)10-24(11-19)32(27,28)18-6-4-14(20)7-16(18)21/h3-8H,2,10-12H2,1H3. The number of sulfonamides is 1. The third-order valence-electron chi connectivity index (χ3n) is 4.66. The maximum absolute atomic E-state index is 13.8. The van der Waals surface area contributed by atoms with Gasteiger partial charge in [0.1, 0.15) is 34.7 Å². The fourth-order valence-corrected chi connectivity index (χ4v) is 6.12. The van der Waals surface area contributed by atoms with Gasteiger partial charge in [0, 0.05) is 24.2 Å². The molecule has 1 fully saturated rings. The summed E-state index contributed by atoms with van der Waals surface area (Å²) in [6, 6.07) is 9.10. The summed E-state index contributed by atoms with van der Waals surface area (Å²) in [4.78, 5) is -0.189. The molecule has 2 aromatic carbocycles. The van der Waals surface area contributed by atoms with Crippen molar-refractivity contribution in [1.82, 2.24) is 4.31 Å². The van der Waals surface area contributed by atoms with Crippen LogP contribution in [0.4, 0.5) is 4.39 Å². The van der Waals surface area contributed by atoms with Gasteiger partial charge in [-0.3, -0.25) is 4.18 Å². The number of rotatable bonds is 8. The van der Waals surface area contributed by atoms with E-state index in [-0.39, 0.29) is 51.7 Å². The van der Waals surface area contributed by atoms with Crippen LogP contribution in [0.15, 0.2) is 41.3 Å². The first kappa shape index (κ1) is 24.7. The summed E-state index contributed by atoms with van der Waals surface area (Å²) in [7, 11) is -8.04. The van der Waals surface area contributed by atoms with Gasteiger partial charge in [0.25, 0.3) is 10.1 Å². The van der Waals surface area contributed by atoms with Gasteiger partial charge in [-0.25, -0.2) is 12.8 Å². The number of ether oxygens (including phenoxy) is 1. The van der Waals surface area contributed by atoms with Crippen molar-refractivity contribution in [3.63, 3.8) is 0 Å². The normalized spacial score (nSPS) is 16.2. The Hall–Kier alpha value is -1.94. The number of nitriles is 1. The topological polar surface area (TPSA) is 114 Å². The zero-order chi connectivity index (χ0) is 23.7. The maximum atomic E-state index is 13.8. The summed E-state index contributed by atoms with van der Waals surface area (Å²) in [5.74, 6) is -1.12. The molecular formula is C19H17Cl2FN2O6S2. The van der Waals surface area contributed by atoms with Crippen LogP contribution in [0, 0.1) is 17.1 Å². The highest BCUT2D eigenvalue weighted by Crippen LogP contribution is 2.36. The Morgan fingerprint density at radius 2 is 1.84 bits per heavy atom. The molecule has 1 saturated heterocycles. The zero-order valence-electron chi connectivity index (χ0n) is 16.6. The minimum atomic E-state index is -4.07. The third kappa shape index (κ3) is 5.17. The molecule has 0 bridgehead atoms. The highest BCUT2D eigenvalue weighted by atomic mass is 35.5. The quantitative estimate of drug-likeness (QED) is 0.489. The van der Waals surface area contributed by atoms with Gasteiger partial charge in [0.2, 0.25) is 10.0 Å². The second-order valence-electron chi connectivity index (χ2n) is 7.00. The van der Waals surface area contributed by atoms with Gasteiger partial charge >= 0.3 is 0 Å². The van der Waals surface area contributed by atoms with Crippen LogP contribution >= 0.6 is 23.2 Å². The number of halogens is 3. The van der Waals surface area contributed by atoms with Crippen LogP contribution in [0.5, 0.6) is 5.75 Å². The lowest BCUT2D eigenvalue weighted by molar-refractivity contribution is -0.0615. The summed E-state index contributed by atoms with van der Waals surface area (Å²) in [6.45, 7) is 0.317. The molecule has 1 aliphatic heterocycles. The lowest BCUT2D eigenvalue weighted by Crippen LogP contribution is -2.67. The van der Waals surface area contributed by atoms with Gasteiger partial charge in [-0.05, 0) is 37.3 Å². The first-order chi connectivity index (χ1) is 14.9. The minimum Gasteiger partial charge on any atom is -0.490 e. The third-order valence-corrected chi connectivity index (χ3v) is 8.49. The second kappa shape index (κ2) is 9.13. The predicted molar refractivity (Wildman–Crippen MR) is 115 cm³/mol. The fourth-order valence-electron chi connectivity index (χ4n) is 2.98. The van der Waals surface area contributed by atoms with Crippen LogP contribution < -0.4 is 4.74 Å². The first-order valence-electron chi connectivity index (χ1n) is 9.12. The van der Waals surface area contributed by atoms with E-state index in [1.807, 2.05) is 0 Å². The van der Waals surface area contributed by atoms with Crippen molar-refractivity contribution >= 4 is 43.3 Å². The molecule has 0 spiro atoms. The number of hydrogen-bond donors (Lipinski definition) is 0. The molecule has 13 heteroatoms. The highest BCUT2D eigenvalue weighted by Gasteiger charge is 2.53. The largest absolute Gasteiger partial charge is 0.490 e. The lowest BCUT2D eigenvalue weighted by Gasteiger charge is -2.47. The van der Waals surface area contributed by atoms with E-state index in [1.54, 1.807) is 6.07 Å². The Morgan fingerprint density at radius 1 is 1.16 bits per heavy atom. The smallest absolute Gasteiger partial charge is 0.267 e. The van der Waals surface area contributed by atoms with Gasteiger partial charge in [-0.1, -0.05) is 23.2 Å².